The summed E-state index contributed by atoms with van der Waals surface area (Å²) in [5, 5.41) is 15.5. The number of benzene rings is 2. The van der Waals surface area contributed by atoms with E-state index < -0.39 is 22.0 Å². The number of carbonyl (C=O) groups is 2. The molecular formula is C19H21ClN2O6S. The number of carboxylic acid groups (broad SMARTS) is 2. The SMILES string of the molecule is O=C(O)C(=O)O.O=S(=O)(c1ccccc1)N1CCN(Cc2cccc(Cl)c2)CC1. The molecule has 0 radical (unpaired) electrons. The molecule has 1 aliphatic heterocycles. The van der Waals surface area contributed by atoms with Crippen LogP contribution >= 0.6 is 11.6 Å². The Morgan fingerprint density at radius 2 is 1.48 bits per heavy atom. The van der Waals surface area contributed by atoms with Crippen LogP contribution in [-0.4, -0.2) is 66.0 Å². The lowest BCUT2D eigenvalue weighted by atomic mass is 10.2. The van der Waals surface area contributed by atoms with Crippen molar-refractivity contribution < 1.29 is 28.2 Å². The van der Waals surface area contributed by atoms with Crippen molar-refractivity contribution in [2.24, 2.45) is 0 Å². The summed E-state index contributed by atoms with van der Waals surface area (Å²) in [4.78, 5) is 20.8. The summed E-state index contributed by atoms with van der Waals surface area (Å²) in [6, 6.07) is 16.4. The zero-order valence-corrected chi connectivity index (χ0v) is 17.0. The molecule has 1 saturated heterocycles. The predicted molar refractivity (Wildman–Crippen MR) is 107 cm³/mol. The van der Waals surface area contributed by atoms with Crippen molar-refractivity contribution in [2.75, 3.05) is 26.2 Å². The summed E-state index contributed by atoms with van der Waals surface area (Å²) >= 11 is 6.01. The fourth-order valence-corrected chi connectivity index (χ4v) is 4.42. The molecule has 8 nitrogen and oxygen atoms in total. The molecule has 1 fully saturated rings. The Balaban J connectivity index is 0.000000438. The standard InChI is InChI=1S/C17H19ClN2O2S.C2H2O4/c18-16-6-4-5-15(13-16)14-19-9-11-20(12-10-19)23(21,22)17-7-2-1-3-8-17;3-1(4)2(5)6/h1-8,13H,9-12,14H2;(H,3,4)(H,5,6). The van der Waals surface area contributed by atoms with Crippen LogP contribution in [0.1, 0.15) is 5.56 Å². The number of rotatable bonds is 4. The van der Waals surface area contributed by atoms with Crippen LogP contribution in [0, 0.1) is 0 Å². The molecule has 0 aliphatic carbocycles. The van der Waals surface area contributed by atoms with Gasteiger partial charge in [-0.15, -0.1) is 0 Å². The molecule has 0 unspecified atom stereocenters. The fourth-order valence-electron chi connectivity index (χ4n) is 2.76. The molecule has 156 valence electrons. The van der Waals surface area contributed by atoms with Gasteiger partial charge in [-0.3, -0.25) is 4.90 Å². The van der Waals surface area contributed by atoms with Gasteiger partial charge in [0.15, 0.2) is 0 Å². The van der Waals surface area contributed by atoms with Gasteiger partial charge >= 0.3 is 11.9 Å². The van der Waals surface area contributed by atoms with E-state index in [1.165, 1.54) is 0 Å². The molecule has 1 aliphatic rings. The average molecular weight is 441 g/mol. The van der Waals surface area contributed by atoms with Crippen molar-refractivity contribution in [1.29, 1.82) is 0 Å². The van der Waals surface area contributed by atoms with Gasteiger partial charge in [0.25, 0.3) is 0 Å². The lowest BCUT2D eigenvalue weighted by Crippen LogP contribution is -2.48. The number of halogens is 1. The van der Waals surface area contributed by atoms with Crippen molar-refractivity contribution in [3.63, 3.8) is 0 Å². The normalized spacial score (nSPS) is 15.2. The Labute approximate surface area is 174 Å². The van der Waals surface area contributed by atoms with Crippen LogP contribution in [0.2, 0.25) is 5.02 Å². The smallest absolute Gasteiger partial charge is 0.414 e. The molecule has 29 heavy (non-hydrogen) atoms. The summed E-state index contributed by atoms with van der Waals surface area (Å²) < 4.78 is 26.7. The fraction of sp³-hybridized carbons (Fsp3) is 0.263. The third kappa shape index (κ3) is 6.82. The molecule has 0 amide bonds. The highest BCUT2D eigenvalue weighted by atomic mass is 35.5. The van der Waals surface area contributed by atoms with Crippen molar-refractivity contribution in [3.05, 3.63) is 65.2 Å². The maximum Gasteiger partial charge on any atom is 0.414 e. The zero-order valence-electron chi connectivity index (χ0n) is 15.4. The molecule has 2 aromatic carbocycles. The Morgan fingerprint density at radius 1 is 0.897 bits per heavy atom. The van der Waals surface area contributed by atoms with Crippen LogP contribution in [0.15, 0.2) is 59.5 Å². The highest BCUT2D eigenvalue weighted by Crippen LogP contribution is 2.19. The van der Waals surface area contributed by atoms with E-state index in [1.54, 1.807) is 28.6 Å². The van der Waals surface area contributed by atoms with Gasteiger partial charge in [0, 0.05) is 37.7 Å². The van der Waals surface area contributed by atoms with Gasteiger partial charge in [-0.2, -0.15) is 4.31 Å². The van der Waals surface area contributed by atoms with Gasteiger partial charge in [-0.25, -0.2) is 18.0 Å². The molecule has 3 rings (SSSR count). The van der Waals surface area contributed by atoms with E-state index in [0.29, 0.717) is 18.0 Å². The Morgan fingerprint density at radius 3 is 2.00 bits per heavy atom. The number of carboxylic acids is 2. The summed E-state index contributed by atoms with van der Waals surface area (Å²) in [5.41, 5.74) is 1.15. The minimum absolute atomic E-state index is 0.364. The van der Waals surface area contributed by atoms with Crippen molar-refractivity contribution in [3.8, 4) is 0 Å². The molecule has 2 aromatic rings. The maximum absolute atomic E-state index is 12.6. The van der Waals surface area contributed by atoms with Crippen molar-refractivity contribution >= 4 is 33.6 Å². The van der Waals surface area contributed by atoms with E-state index in [0.717, 1.165) is 30.2 Å². The molecule has 0 bridgehead atoms. The zero-order chi connectivity index (χ0) is 21.4. The number of nitrogens with zero attached hydrogens (tertiary/aromatic N) is 2. The summed E-state index contributed by atoms with van der Waals surface area (Å²) in [6.07, 6.45) is 0. The second kappa shape index (κ2) is 10.4. The first-order chi connectivity index (χ1) is 13.7. The van der Waals surface area contributed by atoms with Crippen LogP contribution in [0.3, 0.4) is 0 Å². The van der Waals surface area contributed by atoms with E-state index in [-0.39, 0.29) is 0 Å². The number of piperazine rings is 1. The first-order valence-corrected chi connectivity index (χ1v) is 10.5. The molecule has 10 heteroatoms. The van der Waals surface area contributed by atoms with Crippen LogP contribution in [-0.2, 0) is 26.2 Å². The number of sulfonamides is 1. The molecule has 0 atom stereocenters. The summed E-state index contributed by atoms with van der Waals surface area (Å²) in [7, 11) is -3.38. The minimum atomic E-state index is -3.38. The van der Waals surface area contributed by atoms with E-state index in [4.69, 9.17) is 31.4 Å². The van der Waals surface area contributed by atoms with Gasteiger partial charge in [0.2, 0.25) is 10.0 Å². The summed E-state index contributed by atoms with van der Waals surface area (Å²) in [6.45, 7) is 3.26. The molecular weight excluding hydrogens is 420 g/mol. The van der Waals surface area contributed by atoms with Gasteiger partial charge in [-0.05, 0) is 29.8 Å². The van der Waals surface area contributed by atoms with Gasteiger partial charge < -0.3 is 10.2 Å². The second-order valence-corrected chi connectivity index (χ2v) is 8.61. The monoisotopic (exact) mass is 440 g/mol. The third-order valence-electron chi connectivity index (χ3n) is 4.19. The quantitative estimate of drug-likeness (QED) is 0.698. The average Bonchev–Trinajstić information content (AvgIpc) is 2.69. The van der Waals surface area contributed by atoms with Crippen LogP contribution in [0.25, 0.3) is 0 Å². The summed E-state index contributed by atoms with van der Waals surface area (Å²) in [5.74, 6) is -3.65. The number of hydrogen-bond acceptors (Lipinski definition) is 5. The molecule has 2 N–H and O–H groups in total. The molecule has 0 saturated carbocycles. The Kier molecular flexibility index (Phi) is 8.15. The van der Waals surface area contributed by atoms with E-state index >= 15 is 0 Å². The van der Waals surface area contributed by atoms with Crippen molar-refractivity contribution in [2.45, 2.75) is 11.4 Å². The number of aliphatic carboxylic acids is 2. The van der Waals surface area contributed by atoms with Gasteiger partial charge in [-0.1, -0.05) is 41.9 Å². The highest BCUT2D eigenvalue weighted by Gasteiger charge is 2.28. The van der Waals surface area contributed by atoms with Gasteiger partial charge in [0.1, 0.15) is 0 Å². The number of hydrogen-bond donors (Lipinski definition) is 2. The Hall–Kier alpha value is -2.46. The molecule has 0 aromatic heterocycles. The largest absolute Gasteiger partial charge is 0.473 e. The minimum Gasteiger partial charge on any atom is -0.473 e. The molecule has 1 heterocycles. The Bertz CT molecular complexity index is 932. The van der Waals surface area contributed by atoms with Gasteiger partial charge in [0.05, 0.1) is 4.90 Å². The molecule has 0 spiro atoms. The first-order valence-electron chi connectivity index (χ1n) is 8.68. The highest BCUT2D eigenvalue weighted by molar-refractivity contribution is 7.89. The van der Waals surface area contributed by atoms with E-state index in [9.17, 15) is 8.42 Å². The van der Waals surface area contributed by atoms with Crippen LogP contribution in [0.4, 0.5) is 0 Å². The van der Waals surface area contributed by atoms with Crippen LogP contribution in [0.5, 0.6) is 0 Å². The second-order valence-electron chi connectivity index (χ2n) is 6.23. The topological polar surface area (TPSA) is 115 Å². The van der Waals surface area contributed by atoms with E-state index in [1.807, 2.05) is 30.3 Å². The lowest BCUT2D eigenvalue weighted by Gasteiger charge is -2.34. The van der Waals surface area contributed by atoms with Crippen LogP contribution < -0.4 is 0 Å². The third-order valence-corrected chi connectivity index (χ3v) is 6.34. The predicted octanol–water partition coefficient (Wildman–Crippen LogP) is 2.00. The first kappa shape index (κ1) is 22.8. The maximum atomic E-state index is 12.6. The van der Waals surface area contributed by atoms with E-state index in [2.05, 4.69) is 4.90 Å². The van der Waals surface area contributed by atoms with Crippen molar-refractivity contribution in [1.82, 2.24) is 9.21 Å². The lowest BCUT2D eigenvalue weighted by molar-refractivity contribution is -0.159.